The van der Waals surface area contributed by atoms with Crippen molar-refractivity contribution in [3.05, 3.63) is 29.8 Å². The predicted octanol–water partition coefficient (Wildman–Crippen LogP) is 1.93. The van der Waals surface area contributed by atoms with Gasteiger partial charge in [0.1, 0.15) is 11.3 Å². The van der Waals surface area contributed by atoms with Gasteiger partial charge in [0.2, 0.25) is 5.91 Å². The van der Waals surface area contributed by atoms with Crippen molar-refractivity contribution in [1.29, 1.82) is 0 Å². The van der Waals surface area contributed by atoms with Gasteiger partial charge >= 0.3 is 0 Å². The Bertz CT molecular complexity index is 511. The molecule has 2 unspecified atom stereocenters. The number of carbonyl (C=O) groups excluding carboxylic acids is 1. The highest BCUT2D eigenvalue weighted by atomic mass is 16.5. The van der Waals surface area contributed by atoms with Gasteiger partial charge in [0.05, 0.1) is 6.61 Å². The first-order chi connectivity index (χ1) is 9.64. The van der Waals surface area contributed by atoms with E-state index in [4.69, 9.17) is 10.5 Å². The summed E-state index contributed by atoms with van der Waals surface area (Å²) in [5, 5.41) is 3.58. The minimum Gasteiger partial charge on any atom is -0.493 e. The molecule has 3 N–H and O–H groups in total. The molecule has 1 amide bonds. The fourth-order valence-electron chi connectivity index (χ4n) is 3.58. The molecule has 0 aromatic heterocycles. The van der Waals surface area contributed by atoms with Crippen LogP contribution in [0.4, 0.5) is 0 Å². The lowest BCUT2D eigenvalue weighted by atomic mass is 9.75. The van der Waals surface area contributed by atoms with Crippen molar-refractivity contribution in [2.24, 2.45) is 11.7 Å². The van der Waals surface area contributed by atoms with E-state index in [0.717, 1.165) is 24.2 Å². The van der Waals surface area contributed by atoms with Crippen LogP contribution in [0.5, 0.6) is 5.75 Å². The molecule has 2 aliphatic rings. The van der Waals surface area contributed by atoms with Crippen LogP contribution < -0.4 is 15.8 Å². The van der Waals surface area contributed by atoms with Crippen LogP contribution in [0, 0.1) is 5.92 Å². The number of amides is 1. The Balaban J connectivity index is 2.05. The van der Waals surface area contributed by atoms with Gasteiger partial charge in [-0.1, -0.05) is 38.0 Å². The molecule has 1 fully saturated rings. The summed E-state index contributed by atoms with van der Waals surface area (Å²) in [6, 6.07) is 8.10. The second-order valence-corrected chi connectivity index (χ2v) is 6.01. The van der Waals surface area contributed by atoms with Gasteiger partial charge in [-0.05, 0) is 18.9 Å². The number of hydrogen-bond donors (Lipinski definition) is 2. The first kappa shape index (κ1) is 13.4. The summed E-state index contributed by atoms with van der Waals surface area (Å²) in [5.74, 6) is 0.498. The second-order valence-electron chi connectivity index (χ2n) is 6.01. The van der Waals surface area contributed by atoms with Crippen LogP contribution >= 0.6 is 0 Å². The Hall–Kier alpha value is -1.55. The highest BCUT2D eigenvalue weighted by molar-refractivity contribution is 5.88. The van der Waals surface area contributed by atoms with Gasteiger partial charge in [-0.25, -0.2) is 0 Å². The van der Waals surface area contributed by atoms with E-state index in [1.807, 2.05) is 31.2 Å². The van der Waals surface area contributed by atoms with Crippen LogP contribution in [0.3, 0.4) is 0 Å². The maximum atomic E-state index is 12.3. The van der Waals surface area contributed by atoms with Crippen molar-refractivity contribution in [1.82, 2.24) is 5.32 Å². The second kappa shape index (κ2) is 5.09. The Morgan fingerprint density at radius 1 is 1.35 bits per heavy atom. The first-order valence-corrected chi connectivity index (χ1v) is 7.44. The third-order valence-corrected chi connectivity index (χ3v) is 4.72. The standard InChI is InChI=1S/C16H22N2O2/c1-11-10-20-14-9-5-4-8-13(14)16(11,15(17)19)18-12-6-2-3-7-12/h4-5,8-9,11-12,18H,2-3,6-7,10H2,1H3,(H2,17,19). The van der Waals surface area contributed by atoms with E-state index in [2.05, 4.69) is 5.32 Å². The Morgan fingerprint density at radius 2 is 2.05 bits per heavy atom. The minimum absolute atomic E-state index is 0.0236. The maximum absolute atomic E-state index is 12.3. The molecule has 1 saturated carbocycles. The molecule has 0 radical (unpaired) electrons. The molecule has 1 heterocycles. The summed E-state index contributed by atoms with van der Waals surface area (Å²) in [6.07, 6.45) is 4.67. The molecule has 1 aliphatic heterocycles. The molecular weight excluding hydrogens is 252 g/mol. The van der Waals surface area contributed by atoms with Crippen molar-refractivity contribution >= 4 is 5.91 Å². The van der Waals surface area contributed by atoms with E-state index in [9.17, 15) is 4.79 Å². The van der Waals surface area contributed by atoms with E-state index in [-0.39, 0.29) is 11.8 Å². The SMILES string of the molecule is CC1COc2ccccc2C1(NC1CCCC1)C(N)=O. The smallest absolute Gasteiger partial charge is 0.242 e. The van der Waals surface area contributed by atoms with Crippen LogP contribution in [0.25, 0.3) is 0 Å². The Kier molecular flexibility index (Phi) is 3.42. The normalized spacial score (nSPS) is 29.8. The van der Waals surface area contributed by atoms with E-state index in [1.54, 1.807) is 0 Å². The van der Waals surface area contributed by atoms with Gasteiger partial charge in [-0.3, -0.25) is 10.1 Å². The van der Waals surface area contributed by atoms with Gasteiger partial charge in [-0.15, -0.1) is 0 Å². The number of nitrogens with two attached hydrogens (primary N) is 1. The number of carbonyl (C=O) groups is 1. The maximum Gasteiger partial charge on any atom is 0.242 e. The molecule has 0 spiro atoms. The molecule has 1 aromatic carbocycles. The average molecular weight is 274 g/mol. The molecule has 1 aromatic rings. The monoisotopic (exact) mass is 274 g/mol. The zero-order chi connectivity index (χ0) is 14.2. The van der Waals surface area contributed by atoms with Gasteiger partial charge in [0.15, 0.2) is 0 Å². The lowest BCUT2D eigenvalue weighted by Gasteiger charge is -2.43. The number of benzene rings is 1. The molecule has 2 atom stereocenters. The largest absolute Gasteiger partial charge is 0.493 e. The van der Waals surface area contributed by atoms with E-state index in [0.29, 0.717) is 12.6 Å². The summed E-state index contributed by atoms with van der Waals surface area (Å²) in [7, 11) is 0. The highest BCUT2D eigenvalue weighted by Crippen LogP contribution is 2.41. The molecule has 0 bridgehead atoms. The topological polar surface area (TPSA) is 64.3 Å². The van der Waals surface area contributed by atoms with Gasteiger partial charge < -0.3 is 10.5 Å². The van der Waals surface area contributed by atoms with Crippen LogP contribution in [0.2, 0.25) is 0 Å². The lowest BCUT2D eigenvalue weighted by Crippen LogP contribution is -2.62. The zero-order valence-electron chi connectivity index (χ0n) is 11.9. The number of hydrogen-bond acceptors (Lipinski definition) is 3. The predicted molar refractivity (Wildman–Crippen MR) is 77.4 cm³/mol. The summed E-state index contributed by atoms with van der Waals surface area (Å²) >= 11 is 0. The van der Waals surface area contributed by atoms with E-state index < -0.39 is 5.54 Å². The molecule has 3 rings (SSSR count). The molecule has 4 heteroatoms. The quantitative estimate of drug-likeness (QED) is 0.885. The highest BCUT2D eigenvalue weighted by Gasteiger charge is 2.49. The van der Waals surface area contributed by atoms with Crippen molar-refractivity contribution in [3.63, 3.8) is 0 Å². The third-order valence-electron chi connectivity index (χ3n) is 4.72. The molecule has 108 valence electrons. The molecule has 20 heavy (non-hydrogen) atoms. The summed E-state index contributed by atoms with van der Waals surface area (Å²) < 4.78 is 5.76. The third kappa shape index (κ3) is 1.99. The number of nitrogens with one attached hydrogen (secondary N) is 1. The van der Waals surface area contributed by atoms with Crippen LogP contribution in [-0.2, 0) is 10.3 Å². The zero-order valence-corrected chi connectivity index (χ0v) is 11.9. The number of primary amides is 1. The lowest BCUT2D eigenvalue weighted by molar-refractivity contribution is -0.129. The number of ether oxygens (including phenoxy) is 1. The molecule has 4 nitrogen and oxygen atoms in total. The van der Waals surface area contributed by atoms with Crippen molar-refractivity contribution < 1.29 is 9.53 Å². The van der Waals surface area contributed by atoms with Crippen LogP contribution in [0.15, 0.2) is 24.3 Å². The van der Waals surface area contributed by atoms with Gasteiger partial charge in [-0.2, -0.15) is 0 Å². The number of rotatable bonds is 3. The molecule has 0 saturated heterocycles. The summed E-state index contributed by atoms with van der Waals surface area (Å²) in [5.41, 5.74) is 5.91. The minimum atomic E-state index is -0.802. The fraction of sp³-hybridized carbons (Fsp3) is 0.562. The van der Waals surface area contributed by atoms with E-state index in [1.165, 1.54) is 12.8 Å². The van der Waals surface area contributed by atoms with E-state index >= 15 is 0 Å². The van der Waals surface area contributed by atoms with Crippen molar-refractivity contribution in [3.8, 4) is 5.75 Å². The van der Waals surface area contributed by atoms with Crippen LogP contribution in [-0.4, -0.2) is 18.6 Å². The average Bonchev–Trinajstić information content (AvgIpc) is 2.94. The number of fused-ring (bicyclic) bond motifs is 1. The van der Waals surface area contributed by atoms with Gasteiger partial charge in [0, 0.05) is 17.5 Å². The molecular formula is C16H22N2O2. The molecule has 1 aliphatic carbocycles. The fourth-order valence-corrected chi connectivity index (χ4v) is 3.58. The Morgan fingerprint density at radius 3 is 2.75 bits per heavy atom. The summed E-state index contributed by atoms with van der Waals surface area (Å²) in [4.78, 5) is 12.3. The van der Waals surface area contributed by atoms with Crippen molar-refractivity contribution in [2.75, 3.05) is 6.61 Å². The van der Waals surface area contributed by atoms with Crippen LogP contribution in [0.1, 0.15) is 38.2 Å². The summed E-state index contributed by atoms with van der Waals surface area (Å²) in [6.45, 7) is 2.54. The number of para-hydroxylation sites is 1. The first-order valence-electron chi connectivity index (χ1n) is 7.44. The van der Waals surface area contributed by atoms with Gasteiger partial charge in [0.25, 0.3) is 0 Å². The Labute approximate surface area is 119 Å². The van der Waals surface area contributed by atoms with Crippen molar-refractivity contribution in [2.45, 2.75) is 44.2 Å².